The topological polar surface area (TPSA) is 47.6 Å². The standard InChI is InChI=1S/C21H25NO3/c23-21(22-16-18-10-6-7-14-24-18)19-11-4-5-12-20(19)25-15-13-17-8-2-1-3-9-17/h1-5,8-9,11-12,18H,6-7,10,13-16H2,(H,22,23)/t18-/m0/s1. The highest BCUT2D eigenvalue weighted by Gasteiger charge is 2.17. The minimum atomic E-state index is -0.107. The van der Waals surface area contributed by atoms with Crippen LogP contribution in [0.2, 0.25) is 0 Å². The highest BCUT2D eigenvalue weighted by molar-refractivity contribution is 5.96. The summed E-state index contributed by atoms with van der Waals surface area (Å²) >= 11 is 0. The van der Waals surface area contributed by atoms with Crippen LogP contribution >= 0.6 is 0 Å². The molecule has 2 aromatic rings. The second-order valence-electron chi connectivity index (χ2n) is 6.28. The molecule has 0 radical (unpaired) electrons. The van der Waals surface area contributed by atoms with E-state index < -0.39 is 0 Å². The van der Waals surface area contributed by atoms with E-state index in [0.29, 0.717) is 24.5 Å². The highest BCUT2D eigenvalue weighted by Crippen LogP contribution is 2.19. The number of carbonyl (C=O) groups is 1. The molecule has 25 heavy (non-hydrogen) atoms. The van der Waals surface area contributed by atoms with Crippen molar-refractivity contribution in [3.63, 3.8) is 0 Å². The van der Waals surface area contributed by atoms with E-state index in [9.17, 15) is 4.79 Å². The lowest BCUT2D eigenvalue weighted by molar-refractivity contribution is 0.0168. The smallest absolute Gasteiger partial charge is 0.255 e. The average molecular weight is 339 g/mol. The zero-order valence-corrected chi connectivity index (χ0v) is 14.4. The van der Waals surface area contributed by atoms with Crippen LogP contribution in [0.4, 0.5) is 0 Å². The van der Waals surface area contributed by atoms with Gasteiger partial charge < -0.3 is 14.8 Å². The molecule has 0 aromatic heterocycles. The zero-order valence-electron chi connectivity index (χ0n) is 14.4. The van der Waals surface area contributed by atoms with Crippen LogP contribution in [0, 0.1) is 0 Å². The molecule has 1 N–H and O–H groups in total. The third kappa shape index (κ3) is 5.33. The van der Waals surface area contributed by atoms with Crippen molar-refractivity contribution in [2.45, 2.75) is 31.8 Å². The van der Waals surface area contributed by atoms with E-state index in [0.717, 1.165) is 25.9 Å². The summed E-state index contributed by atoms with van der Waals surface area (Å²) in [5.41, 5.74) is 1.80. The Bertz CT molecular complexity index is 666. The van der Waals surface area contributed by atoms with Gasteiger partial charge >= 0.3 is 0 Å². The van der Waals surface area contributed by atoms with Crippen molar-refractivity contribution in [1.82, 2.24) is 5.32 Å². The van der Waals surface area contributed by atoms with Crippen molar-refractivity contribution in [2.75, 3.05) is 19.8 Å². The summed E-state index contributed by atoms with van der Waals surface area (Å²) in [7, 11) is 0. The van der Waals surface area contributed by atoms with Gasteiger partial charge in [0.15, 0.2) is 0 Å². The minimum absolute atomic E-state index is 0.107. The van der Waals surface area contributed by atoms with Gasteiger partial charge in [-0.15, -0.1) is 0 Å². The number of hydrogen-bond acceptors (Lipinski definition) is 3. The van der Waals surface area contributed by atoms with Crippen molar-refractivity contribution in [1.29, 1.82) is 0 Å². The summed E-state index contributed by atoms with van der Waals surface area (Å²) in [4.78, 5) is 12.5. The monoisotopic (exact) mass is 339 g/mol. The summed E-state index contributed by atoms with van der Waals surface area (Å²) in [6, 6.07) is 17.6. The van der Waals surface area contributed by atoms with Crippen molar-refractivity contribution in [2.24, 2.45) is 0 Å². The number of rotatable bonds is 7. The lowest BCUT2D eigenvalue weighted by Crippen LogP contribution is -2.35. The Hall–Kier alpha value is -2.33. The Balaban J connectivity index is 1.53. The van der Waals surface area contributed by atoms with Crippen LogP contribution in [0.3, 0.4) is 0 Å². The Morgan fingerprint density at radius 3 is 2.68 bits per heavy atom. The zero-order chi connectivity index (χ0) is 17.3. The number of carbonyl (C=O) groups excluding carboxylic acids is 1. The Kier molecular flexibility index (Phi) is 6.46. The summed E-state index contributed by atoms with van der Waals surface area (Å²) in [5, 5.41) is 2.97. The molecule has 1 amide bonds. The van der Waals surface area contributed by atoms with E-state index in [1.54, 1.807) is 6.07 Å². The maximum Gasteiger partial charge on any atom is 0.255 e. The van der Waals surface area contributed by atoms with Crippen molar-refractivity contribution in [3.8, 4) is 5.75 Å². The van der Waals surface area contributed by atoms with Gasteiger partial charge in [0, 0.05) is 19.6 Å². The molecule has 0 bridgehead atoms. The molecule has 0 unspecified atom stereocenters. The molecule has 1 atom stereocenters. The third-order valence-electron chi connectivity index (χ3n) is 4.39. The first kappa shape index (κ1) is 17.5. The molecular formula is C21H25NO3. The molecular weight excluding hydrogens is 314 g/mol. The number of para-hydroxylation sites is 1. The molecule has 1 aliphatic rings. The fraction of sp³-hybridized carbons (Fsp3) is 0.381. The van der Waals surface area contributed by atoms with Gasteiger partial charge in [-0.05, 0) is 37.0 Å². The molecule has 1 heterocycles. The van der Waals surface area contributed by atoms with E-state index in [1.807, 2.05) is 36.4 Å². The molecule has 1 saturated heterocycles. The van der Waals surface area contributed by atoms with Gasteiger partial charge in [0.2, 0.25) is 0 Å². The first-order chi connectivity index (χ1) is 12.3. The van der Waals surface area contributed by atoms with Gasteiger partial charge in [-0.25, -0.2) is 0 Å². The molecule has 2 aromatic carbocycles. The predicted molar refractivity (Wildman–Crippen MR) is 98.0 cm³/mol. The van der Waals surface area contributed by atoms with Gasteiger partial charge in [-0.3, -0.25) is 4.79 Å². The molecule has 0 spiro atoms. The Morgan fingerprint density at radius 2 is 1.88 bits per heavy atom. The Labute approximate surface area is 149 Å². The average Bonchev–Trinajstić information content (AvgIpc) is 2.68. The number of nitrogens with one attached hydrogen (secondary N) is 1. The summed E-state index contributed by atoms with van der Waals surface area (Å²) < 4.78 is 11.5. The molecule has 0 saturated carbocycles. The van der Waals surface area contributed by atoms with Crippen LogP contribution in [0.5, 0.6) is 5.75 Å². The SMILES string of the molecule is O=C(NC[C@@H]1CCCCO1)c1ccccc1OCCc1ccccc1. The van der Waals surface area contributed by atoms with Crippen LogP contribution in [0.15, 0.2) is 54.6 Å². The Morgan fingerprint density at radius 1 is 1.08 bits per heavy atom. The molecule has 3 rings (SSSR count). The van der Waals surface area contributed by atoms with Crippen molar-refractivity contribution < 1.29 is 14.3 Å². The van der Waals surface area contributed by atoms with Crippen LogP contribution in [0.25, 0.3) is 0 Å². The quantitative estimate of drug-likeness (QED) is 0.838. The predicted octanol–water partition coefficient (Wildman–Crippen LogP) is 3.61. The molecule has 1 fully saturated rings. The second-order valence-corrected chi connectivity index (χ2v) is 6.28. The van der Waals surface area contributed by atoms with E-state index >= 15 is 0 Å². The number of hydrogen-bond donors (Lipinski definition) is 1. The van der Waals surface area contributed by atoms with Crippen LogP contribution in [-0.4, -0.2) is 31.8 Å². The largest absolute Gasteiger partial charge is 0.492 e. The molecule has 4 nitrogen and oxygen atoms in total. The summed E-state index contributed by atoms with van der Waals surface area (Å²) in [6.07, 6.45) is 4.23. The van der Waals surface area contributed by atoms with Gasteiger partial charge in [0.05, 0.1) is 18.3 Å². The van der Waals surface area contributed by atoms with Crippen LogP contribution in [-0.2, 0) is 11.2 Å². The van der Waals surface area contributed by atoms with Crippen LogP contribution in [0.1, 0.15) is 35.2 Å². The maximum absolute atomic E-state index is 12.5. The normalized spacial score (nSPS) is 17.0. The lowest BCUT2D eigenvalue weighted by atomic mass is 10.1. The maximum atomic E-state index is 12.5. The molecule has 0 aliphatic carbocycles. The minimum Gasteiger partial charge on any atom is -0.492 e. The number of ether oxygens (including phenoxy) is 2. The van der Waals surface area contributed by atoms with E-state index in [1.165, 1.54) is 12.0 Å². The fourth-order valence-corrected chi connectivity index (χ4v) is 2.97. The third-order valence-corrected chi connectivity index (χ3v) is 4.39. The lowest BCUT2D eigenvalue weighted by Gasteiger charge is -2.23. The first-order valence-corrected chi connectivity index (χ1v) is 8.98. The highest BCUT2D eigenvalue weighted by atomic mass is 16.5. The van der Waals surface area contributed by atoms with E-state index in [-0.39, 0.29) is 12.0 Å². The molecule has 1 aliphatic heterocycles. The second kappa shape index (κ2) is 9.23. The first-order valence-electron chi connectivity index (χ1n) is 8.98. The number of amides is 1. The summed E-state index contributed by atoms with van der Waals surface area (Å²) in [6.45, 7) is 1.89. The molecule has 4 heteroatoms. The fourth-order valence-electron chi connectivity index (χ4n) is 2.97. The van der Waals surface area contributed by atoms with E-state index in [2.05, 4.69) is 17.4 Å². The van der Waals surface area contributed by atoms with Gasteiger partial charge in [-0.1, -0.05) is 42.5 Å². The van der Waals surface area contributed by atoms with Gasteiger partial charge in [-0.2, -0.15) is 0 Å². The van der Waals surface area contributed by atoms with Gasteiger partial charge in [0.25, 0.3) is 5.91 Å². The van der Waals surface area contributed by atoms with Gasteiger partial charge in [0.1, 0.15) is 5.75 Å². The van der Waals surface area contributed by atoms with Crippen LogP contribution < -0.4 is 10.1 Å². The number of benzene rings is 2. The van der Waals surface area contributed by atoms with Crippen molar-refractivity contribution >= 4 is 5.91 Å². The van der Waals surface area contributed by atoms with E-state index in [4.69, 9.17) is 9.47 Å². The van der Waals surface area contributed by atoms with Crippen molar-refractivity contribution in [3.05, 3.63) is 65.7 Å². The molecule has 132 valence electrons. The summed E-state index contributed by atoms with van der Waals surface area (Å²) in [5.74, 6) is 0.518.